The van der Waals surface area contributed by atoms with Crippen LogP contribution < -0.4 is 10.6 Å². The number of nitrogens with one attached hydrogen (secondary N) is 2. The van der Waals surface area contributed by atoms with Crippen molar-refractivity contribution in [3.05, 3.63) is 60.4 Å². The molecule has 3 aromatic rings. The number of urea groups is 1. The monoisotopic (exact) mass is 484 g/mol. The van der Waals surface area contributed by atoms with E-state index < -0.39 is 0 Å². The average Bonchev–Trinajstić information content (AvgIpc) is 3.69. The van der Waals surface area contributed by atoms with E-state index in [1.54, 1.807) is 0 Å². The SMILES string of the molecule is O=C(Nc1ccc(-c2ccc(CN3CCOCC3)nc2)c2ccccc12)N[C@@H]1C[C@H]1C1CCCCC1. The van der Waals surface area contributed by atoms with E-state index in [9.17, 15) is 4.79 Å². The average molecular weight is 485 g/mol. The number of morpholine rings is 1. The smallest absolute Gasteiger partial charge is 0.319 e. The minimum atomic E-state index is -0.0923. The van der Waals surface area contributed by atoms with Crippen molar-refractivity contribution in [2.45, 2.75) is 51.1 Å². The predicted molar refractivity (Wildman–Crippen MR) is 144 cm³/mol. The number of carbonyl (C=O) groups is 1. The molecule has 0 unspecified atom stereocenters. The number of fused-ring (bicyclic) bond motifs is 1. The predicted octanol–water partition coefficient (Wildman–Crippen LogP) is 5.82. The van der Waals surface area contributed by atoms with Crippen molar-refractivity contribution >= 4 is 22.5 Å². The number of anilines is 1. The lowest BCUT2D eigenvalue weighted by molar-refractivity contribution is 0.0336. The van der Waals surface area contributed by atoms with Crippen molar-refractivity contribution in [3.8, 4) is 11.1 Å². The molecule has 0 radical (unpaired) electrons. The molecule has 2 N–H and O–H groups in total. The van der Waals surface area contributed by atoms with E-state index in [0.29, 0.717) is 12.0 Å². The van der Waals surface area contributed by atoms with Crippen molar-refractivity contribution in [1.29, 1.82) is 0 Å². The summed E-state index contributed by atoms with van der Waals surface area (Å²) >= 11 is 0. The maximum Gasteiger partial charge on any atom is 0.319 e. The van der Waals surface area contributed by atoms with Crippen LogP contribution in [0.15, 0.2) is 54.7 Å². The van der Waals surface area contributed by atoms with E-state index in [-0.39, 0.29) is 6.03 Å². The molecule has 1 aliphatic heterocycles. The van der Waals surface area contributed by atoms with Crippen molar-refractivity contribution in [1.82, 2.24) is 15.2 Å². The fourth-order valence-electron chi connectivity index (χ4n) is 6.12. The minimum Gasteiger partial charge on any atom is -0.379 e. The lowest BCUT2D eigenvalue weighted by atomic mass is 9.85. The standard InChI is InChI=1S/C30H36N4O2/c35-30(33-29-18-27(29)21-6-2-1-3-7-21)32-28-13-12-24(25-8-4-5-9-26(25)28)22-10-11-23(31-19-22)20-34-14-16-36-17-15-34/h4-5,8-13,19,21,27,29H,1-3,6-7,14-18,20H2,(H2,32,33,35)/t27-,29+/m0/s1. The summed E-state index contributed by atoms with van der Waals surface area (Å²) in [6, 6.07) is 16.9. The number of pyridine rings is 1. The molecule has 3 aliphatic rings. The van der Waals surface area contributed by atoms with Crippen LogP contribution in [0.4, 0.5) is 10.5 Å². The highest BCUT2D eigenvalue weighted by molar-refractivity contribution is 6.07. The minimum absolute atomic E-state index is 0.0923. The number of carbonyl (C=O) groups excluding carboxylic acids is 1. The molecule has 2 saturated carbocycles. The molecule has 6 heteroatoms. The Balaban J connectivity index is 1.14. The zero-order valence-electron chi connectivity index (χ0n) is 20.9. The van der Waals surface area contributed by atoms with Gasteiger partial charge in [-0.05, 0) is 41.3 Å². The summed E-state index contributed by atoms with van der Waals surface area (Å²) in [5, 5.41) is 8.52. The zero-order chi connectivity index (χ0) is 24.3. The van der Waals surface area contributed by atoms with Gasteiger partial charge < -0.3 is 15.4 Å². The number of hydrogen-bond acceptors (Lipinski definition) is 4. The van der Waals surface area contributed by atoms with Crippen LogP contribution in [0, 0.1) is 11.8 Å². The Bertz CT molecular complexity index is 1200. The van der Waals surface area contributed by atoms with Crippen LogP contribution in [-0.2, 0) is 11.3 Å². The van der Waals surface area contributed by atoms with Crippen LogP contribution in [0.5, 0.6) is 0 Å². The van der Waals surface area contributed by atoms with Gasteiger partial charge in [-0.1, -0.05) is 68.5 Å². The highest BCUT2D eigenvalue weighted by atomic mass is 16.5. The normalized spacial score (nSPS) is 22.9. The van der Waals surface area contributed by atoms with Crippen LogP contribution in [0.2, 0.25) is 0 Å². The number of nitrogens with zero attached hydrogens (tertiary/aromatic N) is 2. The molecule has 0 bridgehead atoms. The van der Waals surface area contributed by atoms with Gasteiger partial charge in [0.25, 0.3) is 0 Å². The van der Waals surface area contributed by atoms with Crippen LogP contribution in [0.25, 0.3) is 21.9 Å². The summed E-state index contributed by atoms with van der Waals surface area (Å²) in [4.78, 5) is 20.0. The molecular formula is C30H36N4O2. The molecule has 2 aromatic carbocycles. The first kappa shape index (κ1) is 23.4. The van der Waals surface area contributed by atoms with Gasteiger partial charge in [-0.3, -0.25) is 9.88 Å². The van der Waals surface area contributed by atoms with Crippen molar-refractivity contribution < 1.29 is 9.53 Å². The molecule has 188 valence electrons. The Morgan fingerprint density at radius 3 is 2.56 bits per heavy atom. The third-order valence-corrected chi connectivity index (χ3v) is 8.21. The highest BCUT2D eigenvalue weighted by Crippen LogP contribution is 2.44. The number of ether oxygens (including phenoxy) is 1. The van der Waals surface area contributed by atoms with Gasteiger partial charge in [0.15, 0.2) is 0 Å². The van der Waals surface area contributed by atoms with E-state index in [2.05, 4.69) is 51.9 Å². The first-order valence-electron chi connectivity index (χ1n) is 13.6. The Morgan fingerprint density at radius 2 is 1.78 bits per heavy atom. The molecule has 2 amide bonds. The molecule has 6 rings (SSSR count). The van der Waals surface area contributed by atoms with Crippen LogP contribution in [0.3, 0.4) is 0 Å². The zero-order valence-corrected chi connectivity index (χ0v) is 20.9. The molecule has 1 aromatic heterocycles. The van der Waals surface area contributed by atoms with E-state index >= 15 is 0 Å². The van der Waals surface area contributed by atoms with Gasteiger partial charge in [0, 0.05) is 42.8 Å². The van der Waals surface area contributed by atoms with E-state index in [1.165, 1.54) is 32.1 Å². The molecule has 36 heavy (non-hydrogen) atoms. The highest BCUT2D eigenvalue weighted by Gasteiger charge is 2.43. The lowest BCUT2D eigenvalue weighted by Crippen LogP contribution is -2.35. The number of hydrogen-bond donors (Lipinski definition) is 2. The number of rotatable bonds is 6. The van der Waals surface area contributed by atoms with Crippen molar-refractivity contribution in [3.63, 3.8) is 0 Å². The van der Waals surface area contributed by atoms with Crippen LogP contribution >= 0.6 is 0 Å². The Hall–Kier alpha value is -2.96. The van der Waals surface area contributed by atoms with E-state index in [1.807, 2.05) is 18.3 Å². The fourth-order valence-corrected chi connectivity index (χ4v) is 6.12. The Labute approximate surface area is 213 Å². The van der Waals surface area contributed by atoms with Crippen molar-refractivity contribution in [2.75, 3.05) is 31.6 Å². The quantitative estimate of drug-likeness (QED) is 0.462. The number of amides is 2. The second-order valence-corrected chi connectivity index (χ2v) is 10.6. The topological polar surface area (TPSA) is 66.5 Å². The Morgan fingerprint density at radius 1 is 0.972 bits per heavy atom. The first-order valence-corrected chi connectivity index (χ1v) is 13.6. The van der Waals surface area contributed by atoms with Gasteiger partial charge >= 0.3 is 6.03 Å². The summed E-state index contributed by atoms with van der Waals surface area (Å²) in [6.07, 6.45) is 9.84. The van der Waals surface area contributed by atoms with Gasteiger partial charge in [-0.15, -0.1) is 0 Å². The van der Waals surface area contributed by atoms with Crippen molar-refractivity contribution in [2.24, 2.45) is 11.8 Å². The van der Waals surface area contributed by atoms with Gasteiger partial charge in [0.05, 0.1) is 24.6 Å². The fraction of sp³-hybridized carbons (Fsp3) is 0.467. The second kappa shape index (κ2) is 10.6. The van der Waals surface area contributed by atoms with Crippen LogP contribution in [0.1, 0.15) is 44.2 Å². The van der Waals surface area contributed by atoms with Gasteiger partial charge in [-0.2, -0.15) is 0 Å². The number of benzene rings is 2. The molecule has 2 aliphatic carbocycles. The third kappa shape index (κ3) is 5.25. The van der Waals surface area contributed by atoms with Gasteiger partial charge in [0.1, 0.15) is 0 Å². The maximum absolute atomic E-state index is 12.8. The number of aromatic nitrogens is 1. The summed E-state index contributed by atoms with van der Waals surface area (Å²) < 4.78 is 5.45. The molecule has 1 saturated heterocycles. The van der Waals surface area contributed by atoms with Crippen LogP contribution in [-0.4, -0.2) is 48.3 Å². The van der Waals surface area contributed by atoms with Gasteiger partial charge in [0.2, 0.25) is 0 Å². The molecule has 2 atom stereocenters. The summed E-state index contributed by atoms with van der Waals surface area (Å²) in [5.74, 6) is 1.48. The molecular weight excluding hydrogens is 448 g/mol. The largest absolute Gasteiger partial charge is 0.379 e. The van der Waals surface area contributed by atoms with E-state index in [4.69, 9.17) is 9.72 Å². The van der Waals surface area contributed by atoms with E-state index in [0.717, 1.165) is 78.5 Å². The maximum atomic E-state index is 12.8. The summed E-state index contributed by atoms with van der Waals surface area (Å²) in [7, 11) is 0. The summed E-state index contributed by atoms with van der Waals surface area (Å²) in [5.41, 5.74) is 4.13. The lowest BCUT2D eigenvalue weighted by Gasteiger charge is -2.26. The first-order chi connectivity index (χ1) is 17.7. The molecule has 0 spiro atoms. The molecule has 6 nitrogen and oxygen atoms in total. The Kier molecular flexibility index (Phi) is 6.88. The second-order valence-electron chi connectivity index (χ2n) is 10.6. The summed E-state index contributed by atoms with van der Waals surface area (Å²) in [6.45, 7) is 4.36. The third-order valence-electron chi connectivity index (χ3n) is 8.21. The van der Waals surface area contributed by atoms with Gasteiger partial charge in [-0.25, -0.2) is 4.79 Å². The molecule has 3 fully saturated rings. The molecule has 2 heterocycles.